The van der Waals surface area contributed by atoms with E-state index in [-0.39, 0.29) is 11.6 Å². The van der Waals surface area contributed by atoms with Crippen LogP contribution in [0.2, 0.25) is 0 Å². The summed E-state index contributed by atoms with van der Waals surface area (Å²) in [6.07, 6.45) is 0.672. The smallest absolute Gasteiger partial charge is 0.269 e. The number of carbonyl (C=O) groups excluding carboxylic acids is 1. The highest BCUT2D eigenvalue weighted by atomic mass is 16.6. The van der Waals surface area contributed by atoms with Gasteiger partial charge in [0.25, 0.3) is 11.6 Å². The van der Waals surface area contributed by atoms with E-state index in [2.05, 4.69) is 5.32 Å². The first-order valence-corrected chi connectivity index (χ1v) is 8.33. The van der Waals surface area contributed by atoms with E-state index in [9.17, 15) is 14.9 Å². The van der Waals surface area contributed by atoms with Gasteiger partial charge in [-0.15, -0.1) is 0 Å². The van der Waals surface area contributed by atoms with Gasteiger partial charge in [-0.2, -0.15) is 0 Å². The molecule has 1 amide bonds. The first-order valence-electron chi connectivity index (χ1n) is 8.33. The third kappa shape index (κ3) is 4.49. The Labute approximate surface area is 156 Å². The van der Waals surface area contributed by atoms with Crippen LogP contribution in [0.3, 0.4) is 0 Å². The van der Waals surface area contributed by atoms with Crippen LogP contribution in [-0.4, -0.2) is 17.9 Å². The van der Waals surface area contributed by atoms with Crippen LogP contribution >= 0.6 is 0 Å². The predicted octanol–water partition coefficient (Wildman–Crippen LogP) is 4.45. The zero-order valence-electron chi connectivity index (χ0n) is 14.7. The van der Waals surface area contributed by atoms with Crippen LogP contribution in [0, 0.1) is 10.1 Å². The molecule has 0 saturated carbocycles. The summed E-state index contributed by atoms with van der Waals surface area (Å²) < 4.78 is 5.42. The van der Waals surface area contributed by atoms with Crippen LogP contribution in [-0.2, 0) is 6.42 Å². The van der Waals surface area contributed by atoms with Crippen molar-refractivity contribution < 1.29 is 14.5 Å². The molecule has 3 aromatic rings. The van der Waals surface area contributed by atoms with Crippen LogP contribution in [0.4, 0.5) is 11.4 Å². The molecule has 3 rings (SSSR count). The van der Waals surface area contributed by atoms with Gasteiger partial charge in [0.2, 0.25) is 0 Å². The number of benzene rings is 3. The second-order valence-corrected chi connectivity index (χ2v) is 5.95. The minimum absolute atomic E-state index is 0.0545. The number of non-ortho nitro benzene ring substituents is 1. The average molecular weight is 362 g/mol. The van der Waals surface area contributed by atoms with Gasteiger partial charge in [0.05, 0.1) is 12.0 Å². The minimum Gasteiger partial charge on any atom is -0.496 e. The van der Waals surface area contributed by atoms with Crippen molar-refractivity contribution in [2.24, 2.45) is 0 Å². The molecule has 6 heteroatoms. The second kappa shape index (κ2) is 8.14. The molecule has 0 saturated heterocycles. The van der Waals surface area contributed by atoms with Gasteiger partial charge in [-0.1, -0.05) is 30.3 Å². The Hall–Kier alpha value is -3.67. The minimum atomic E-state index is -0.499. The molecule has 0 aliphatic heterocycles. The topological polar surface area (TPSA) is 81.5 Å². The molecular formula is C21H18N2O4. The molecule has 6 nitrogen and oxygen atoms in total. The van der Waals surface area contributed by atoms with Gasteiger partial charge in [0.15, 0.2) is 0 Å². The maximum atomic E-state index is 12.4. The molecular weight excluding hydrogens is 344 g/mol. The zero-order chi connectivity index (χ0) is 19.2. The Morgan fingerprint density at radius 3 is 2.37 bits per heavy atom. The summed E-state index contributed by atoms with van der Waals surface area (Å²) in [5.41, 5.74) is 3.01. The van der Waals surface area contributed by atoms with Crippen molar-refractivity contribution in [3.05, 3.63) is 99.6 Å². The lowest BCUT2D eigenvalue weighted by molar-refractivity contribution is -0.384. The predicted molar refractivity (Wildman–Crippen MR) is 103 cm³/mol. The molecule has 0 aliphatic rings. The summed E-state index contributed by atoms with van der Waals surface area (Å²) in [6, 6.07) is 20.9. The number of rotatable bonds is 6. The molecule has 0 bridgehead atoms. The van der Waals surface area contributed by atoms with E-state index < -0.39 is 4.92 Å². The number of anilines is 1. The molecule has 0 aromatic heterocycles. The summed E-state index contributed by atoms with van der Waals surface area (Å²) in [4.78, 5) is 22.6. The SMILES string of the molecule is COc1ccc(NC(=O)c2ccc([N+](=O)[O-])cc2)cc1Cc1ccccc1. The second-order valence-electron chi connectivity index (χ2n) is 5.95. The van der Waals surface area contributed by atoms with Gasteiger partial charge in [0.1, 0.15) is 5.75 Å². The Morgan fingerprint density at radius 1 is 1.04 bits per heavy atom. The molecule has 0 fully saturated rings. The van der Waals surface area contributed by atoms with E-state index >= 15 is 0 Å². The van der Waals surface area contributed by atoms with Crippen LogP contribution in [0.25, 0.3) is 0 Å². The van der Waals surface area contributed by atoms with Gasteiger partial charge in [0, 0.05) is 35.4 Å². The highest BCUT2D eigenvalue weighted by Crippen LogP contribution is 2.26. The molecule has 0 atom stereocenters. The summed E-state index contributed by atoms with van der Waals surface area (Å²) >= 11 is 0. The standard InChI is InChI=1S/C21H18N2O4/c1-27-20-12-9-18(14-17(20)13-15-5-3-2-4-6-15)22-21(24)16-7-10-19(11-8-16)23(25)26/h2-12,14H,13H2,1H3,(H,22,24). The van der Waals surface area contributed by atoms with Crippen molar-refractivity contribution in [2.45, 2.75) is 6.42 Å². The number of nitro groups is 1. The number of ether oxygens (including phenoxy) is 1. The van der Waals surface area contributed by atoms with Gasteiger partial charge in [-0.05, 0) is 35.9 Å². The highest BCUT2D eigenvalue weighted by Gasteiger charge is 2.11. The van der Waals surface area contributed by atoms with Crippen LogP contribution in [0.1, 0.15) is 21.5 Å². The largest absolute Gasteiger partial charge is 0.496 e. The maximum Gasteiger partial charge on any atom is 0.269 e. The van der Waals surface area contributed by atoms with E-state index in [0.717, 1.165) is 16.9 Å². The van der Waals surface area contributed by atoms with Gasteiger partial charge < -0.3 is 10.1 Å². The van der Waals surface area contributed by atoms with Gasteiger partial charge in [-0.3, -0.25) is 14.9 Å². The highest BCUT2D eigenvalue weighted by molar-refractivity contribution is 6.04. The summed E-state index contributed by atoms with van der Waals surface area (Å²) in [7, 11) is 1.61. The number of nitrogens with one attached hydrogen (secondary N) is 1. The maximum absolute atomic E-state index is 12.4. The molecule has 0 aliphatic carbocycles. The van der Waals surface area contributed by atoms with Gasteiger partial charge >= 0.3 is 0 Å². The molecule has 3 aromatic carbocycles. The van der Waals surface area contributed by atoms with Crippen LogP contribution in [0.5, 0.6) is 5.75 Å². The van der Waals surface area contributed by atoms with Crippen LogP contribution < -0.4 is 10.1 Å². The third-order valence-electron chi connectivity index (χ3n) is 4.12. The summed E-state index contributed by atoms with van der Waals surface area (Å²) in [5.74, 6) is 0.410. The normalized spacial score (nSPS) is 10.3. The lowest BCUT2D eigenvalue weighted by Gasteiger charge is -2.12. The molecule has 136 valence electrons. The van der Waals surface area contributed by atoms with E-state index in [1.54, 1.807) is 13.2 Å². The molecule has 0 heterocycles. The molecule has 0 unspecified atom stereocenters. The Balaban J connectivity index is 1.79. The number of amides is 1. The van der Waals surface area contributed by atoms with E-state index in [4.69, 9.17) is 4.74 Å². The van der Waals surface area contributed by atoms with Crippen molar-refractivity contribution in [1.29, 1.82) is 0 Å². The first-order chi connectivity index (χ1) is 13.1. The number of hydrogen-bond donors (Lipinski definition) is 1. The Bertz CT molecular complexity index is 954. The average Bonchev–Trinajstić information content (AvgIpc) is 2.69. The Kier molecular flexibility index (Phi) is 5.47. The lowest BCUT2D eigenvalue weighted by atomic mass is 10.0. The quantitative estimate of drug-likeness (QED) is 0.519. The summed E-state index contributed by atoms with van der Waals surface area (Å²) in [6.45, 7) is 0. The number of nitrogens with zero attached hydrogens (tertiary/aromatic N) is 1. The van der Waals surface area contributed by atoms with Crippen molar-refractivity contribution >= 4 is 17.3 Å². The first kappa shape index (κ1) is 18.1. The zero-order valence-corrected chi connectivity index (χ0v) is 14.7. The monoisotopic (exact) mass is 362 g/mol. The molecule has 27 heavy (non-hydrogen) atoms. The van der Waals surface area contributed by atoms with E-state index in [1.807, 2.05) is 42.5 Å². The van der Waals surface area contributed by atoms with E-state index in [0.29, 0.717) is 17.7 Å². The van der Waals surface area contributed by atoms with E-state index in [1.165, 1.54) is 24.3 Å². The number of carbonyl (C=O) groups is 1. The molecule has 0 radical (unpaired) electrons. The number of methoxy groups -OCH3 is 1. The lowest BCUT2D eigenvalue weighted by Crippen LogP contribution is -2.12. The van der Waals surface area contributed by atoms with Crippen molar-refractivity contribution in [3.8, 4) is 5.75 Å². The fourth-order valence-electron chi connectivity index (χ4n) is 2.75. The number of nitro benzene ring substituents is 1. The Morgan fingerprint density at radius 2 is 1.74 bits per heavy atom. The fourth-order valence-corrected chi connectivity index (χ4v) is 2.75. The summed E-state index contributed by atoms with van der Waals surface area (Å²) in [5, 5.41) is 13.5. The molecule has 1 N–H and O–H groups in total. The van der Waals surface area contributed by atoms with Crippen molar-refractivity contribution in [3.63, 3.8) is 0 Å². The third-order valence-corrected chi connectivity index (χ3v) is 4.12. The van der Waals surface area contributed by atoms with Gasteiger partial charge in [-0.25, -0.2) is 0 Å². The van der Waals surface area contributed by atoms with Crippen LogP contribution in [0.15, 0.2) is 72.8 Å². The van der Waals surface area contributed by atoms with Crippen molar-refractivity contribution in [1.82, 2.24) is 0 Å². The fraction of sp³-hybridized carbons (Fsp3) is 0.0952. The van der Waals surface area contributed by atoms with Crippen molar-refractivity contribution in [2.75, 3.05) is 12.4 Å². The number of hydrogen-bond acceptors (Lipinski definition) is 4. The molecule has 0 spiro atoms.